The van der Waals surface area contributed by atoms with E-state index < -0.39 is 0 Å². The van der Waals surface area contributed by atoms with Gasteiger partial charge in [-0.3, -0.25) is 0 Å². The second-order valence-electron chi connectivity index (χ2n) is 5.39. The van der Waals surface area contributed by atoms with Crippen LogP contribution in [0.2, 0.25) is 0 Å². The Hall–Kier alpha value is -2.11. The molecule has 0 amide bonds. The van der Waals surface area contributed by atoms with Gasteiger partial charge in [0.2, 0.25) is 0 Å². The van der Waals surface area contributed by atoms with Crippen LogP contribution in [0.4, 0.5) is 5.69 Å². The summed E-state index contributed by atoms with van der Waals surface area (Å²) in [7, 11) is 0. The summed E-state index contributed by atoms with van der Waals surface area (Å²) < 4.78 is 5.35. The molecule has 3 heterocycles. The lowest BCUT2D eigenvalue weighted by molar-refractivity contribution is 0.572. The maximum absolute atomic E-state index is 5.35. The van der Waals surface area contributed by atoms with Gasteiger partial charge in [0, 0.05) is 40.6 Å². The van der Waals surface area contributed by atoms with E-state index >= 15 is 0 Å². The molecule has 22 heavy (non-hydrogen) atoms. The molecule has 0 saturated heterocycles. The summed E-state index contributed by atoms with van der Waals surface area (Å²) >= 11 is 1.93. The zero-order chi connectivity index (χ0) is 14.8. The monoisotopic (exact) mass is 311 g/mol. The number of hydrogen-bond donors (Lipinski definition) is 2. The molecule has 4 rings (SSSR count). The first-order valence-corrected chi connectivity index (χ1v) is 8.24. The van der Waals surface area contributed by atoms with Gasteiger partial charge in [-0.25, -0.2) is 4.98 Å². The number of nitrogens with zero attached hydrogens (tertiary/aromatic N) is 1. The molecule has 0 aliphatic carbocycles. The number of oxazole rings is 1. The van der Waals surface area contributed by atoms with Crippen LogP contribution >= 0.6 is 11.3 Å². The first-order chi connectivity index (χ1) is 10.9. The van der Waals surface area contributed by atoms with E-state index in [1.165, 1.54) is 21.7 Å². The Bertz CT molecular complexity index is 741. The number of benzene rings is 1. The minimum Gasteiger partial charge on any atom is -0.444 e. The molecule has 2 N–H and O–H groups in total. The molecular weight excluding hydrogens is 294 g/mol. The normalized spacial score (nSPS) is 13.8. The van der Waals surface area contributed by atoms with Crippen LogP contribution in [0.15, 0.2) is 47.3 Å². The van der Waals surface area contributed by atoms with Crippen molar-refractivity contribution >= 4 is 17.0 Å². The molecule has 1 aliphatic rings. The number of nitrogens with one attached hydrogen (secondary N) is 2. The smallest absolute Gasteiger partial charge is 0.181 e. The SMILES string of the molecule is c1cc(NCc2cc3c(s2)CCNC3)cc(-c2cnco2)c1. The van der Waals surface area contributed by atoms with Crippen LogP contribution in [0.1, 0.15) is 15.3 Å². The number of hydrogen-bond acceptors (Lipinski definition) is 5. The fraction of sp³-hybridized carbons (Fsp3) is 0.235. The molecule has 1 aliphatic heterocycles. The molecule has 0 unspecified atom stereocenters. The van der Waals surface area contributed by atoms with E-state index in [2.05, 4.69) is 33.8 Å². The molecule has 0 saturated carbocycles. The summed E-state index contributed by atoms with van der Waals surface area (Å²) in [5, 5.41) is 6.92. The summed E-state index contributed by atoms with van der Waals surface area (Å²) in [5.74, 6) is 0.793. The largest absolute Gasteiger partial charge is 0.444 e. The van der Waals surface area contributed by atoms with Crippen molar-refractivity contribution in [2.75, 3.05) is 11.9 Å². The molecule has 2 aromatic heterocycles. The Labute approximate surface area is 133 Å². The summed E-state index contributed by atoms with van der Waals surface area (Å²) in [4.78, 5) is 6.89. The molecule has 1 aromatic carbocycles. The van der Waals surface area contributed by atoms with Gasteiger partial charge in [-0.2, -0.15) is 0 Å². The van der Waals surface area contributed by atoms with Crippen LogP contribution in [0.5, 0.6) is 0 Å². The molecular formula is C17H17N3OS. The van der Waals surface area contributed by atoms with Crippen molar-refractivity contribution in [1.29, 1.82) is 0 Å². The molecule has 0 spiro atoms. The summed E-state index contributed by atoms with van der Waals surface area (Å²) in [6.45, 7) is 2.96. The van der Waals surface area contributed by atoms with Gasteiger partial charge in [-0.05, 0) is 30.2 Å². The van der Waals surface area contributed by atoms with Crippen molar-refractivity contribution < 1.29 is 4.42 Å². The second-order valence-corrected chi connectivity index (χ2v) is 6.61. The minimum absolute atomic E-state index is 0.793. The standard InChI is InChI=1S/C17H17N3OS/c1-2-12(16-10-19-11-21-16)6-14(3-1)20-9-15-7-13-8-18-5-4-17(13)22-15/h1-3,6-7,10-11,18,20H,4-5,8-9H2. The van der Waals surface area contributed by atoms with Crippen LogP contribution in [0, 0.1) is 0 Å². The van der Waals surface area contributed by atoms with Crippen LogP contribution in [-0.2, 0) is 19.5 Å². The van der Waals surface area contributed by atoms with Crippen molar-refractivity contribution in [1.82, 2.24) is 10.3 Å². The van der Waals surface area contributed by atoms with E-state index in [4.69, 9.17) is 4.42 Å². The Morgan fingerprint density at radius 3 is 3.18 bits per heavy atom. The van der Waals surface area contributed by atoms with Gasteiger partial charge in [0.1, 0.15) is 0 Å². The van der Waals surface area contributed by atoms with Gasteiger partial charge < -0.3 is 15.1 Å². The predicted molar refractivity (Wildman–Crippen MR) is 89.0 cm³/mol. The number of anilines is 1. The average Bonchev–Trinajstić information content (AvgIpc) is 3.22. The maximum Gasteiger partial charge on any atom is 0.181 e. The molecule has 0 bridgehead atoms. The van der Waals surface area contributed by atoms with E-state index in [-0.39, 0.29) is 0 Å². The topological polar surface area (TPSA) is 50.1 Å². The third kappa shape index (κ3) is 2.77. The Morgan fingerprint density at radius 1 is 1.32 bits per heavy atom. The van der Waals surface area contributed by atoms with Gasteiger partial charge >= 0.3 is 0 Å². The Kier molecular flexibility index (Phi) is 3.66. The summed E-state index contributed by atoms with van der Waals surface area (Å²) in [6.07, 6.45) is 4.35. The van der Waals surface area contributed by atoms with Crippen LogP contribution < -0.4 is 10.6 Å². The second kappa shape index (κ2) is 5.94. The quantitative estimate of drug-likeness (QED) is 0.772. The third-order valence-corrected chi connectivity index (χ3v) is 5.08. The summed E-state index contributed by atoms with van der Waals surface area (Å²) in [6, 6.07) is 10.6. The van der Waals surface area contributed by atoms with Crippen molar-refractivity contribution in [3.63, 3.8) is 0 Å². The number of rotatable bonds is 4. The zero-order valence-corrected chi connectivity index (χ0v) is 13.0. The Morgan fingerprint density at radius 2 is 2.32 bits per heavy atom. The number of aromatic nitrogens is 1. The van der Waals surface area contributed by atoms with Crippen LogP contribution in [-0.4, -0.2) is 11.5 Å². The van der Waals surface area contributed by atoms with Crippen LogP contribution in [0.3, 0.4) is 0 Å². The highest BCUT2D eigenvalue weighted by Gasteiger charge is 2.12. The van der Waals surface area contributed by atoms with Gasteiger partial charge in [0.25, 0.3) is 0 Å². The fourth-order valence-electron chi connectivity index (χ4n) is 2.73. The Balaban J connectivity index is 1.47. The lowest BCUT2D eigenvalue weighted by Crippen LogP contribution is -2.21. The average molecular weight is 311 g/mol. The molecule has 5 heteroatoms. The maximum atomic E-state index is 5.35. The molecule has 4 nitrogen and oxygen atoms in total. The molecule has 0 fully saturated rings. The number of thiophene rings is 1. The van der Waals surface area contributed by atoms with E-state index in [9.17, 15) is 0 Å². The first-order valence-electron chi connectivity index (χ1n) is 7.42. The summed E-state index contributed by atoms with van der Waals surface area (Å²) in [5.41, 5.74) is 3.60. The molecule has 3 aromatic rings. The van der Waals surface area contributed by atoms with Gasteiger partial charge in [-0.15, -0.1) is 11.3 Å². The van der Waals surface area contributed by atoms with E-state index in [0.29, 0.717) is 0 Å². The van der Waals surface area contributed by atoms with Crippen LogP contribution in [0.25, 0.3) is 11.3 Å². The van der Waals surface area contributed by atoms with Crippen molar-refractivity contribution in [2.24, 2.45) is 0 Å². The van der Waals surface area contributed by atoms with E-state index in [0.717, 1.165) is 43.1 Å². The van der Waals surface area contributed by atoms with Gasteiger partial charge in [0.05, 0.1) is 6.20 Å². The molecule has 112 valence electrons. The lowest BCUT2D eigenvalue weighted by Gasteiger charge is -2.10. The highest BCUT2D eigenvalue weighted by molar-refractivity contribution is 7.12. The highest BCUT2D eigenvalue weighted by Crippen LogP contribution is 2.27. The van der Waals surface area contributed by atoms with Crippen molar-refractivity contribution in [3.8, 4) is 11.3 Å². The zero-order valence-electron chi connectivity index (χ0n) is 12.1. The highest BCUT2D eigenvalue weighted by atomic mass is 32.1. The number of fused-ring (bicyclic) bond motifs is 1. The predicted octanol–water partition coefficient (Wildman–Crippen LogP) is 3.66. The minimum atomic E-state index is 0.793. The van der Waals surface area contributed by atoms with Gasteiger partial charge in [-0.1, -0.05) is 12.1 Å². The van der Waals surface area contributed by atoms with Crippen molar-refractivity contribution in [3.05, 3.63) is 58.2 Å². The first kappa shape index (κ1) is 13.5. The fourth-order valence-corrected chi connectivity index (χ4v) is 3.86. The van der Waals surface area contributed by atoms with Crippen molar-refractivity contribution in [2.45, 2.75) is 19.5 Å². The lowest BCUT2D eigenvalue weighted by atomic mass is 10.1. The molecule has 0 radical (unpaired) electrons. The molecule has 0 atom stereocenters. The van der Waals surface area contributed by atoms with E-state index in [1.54, 1.807) is 6.20 Å². The van der Waals surface area contributed by atoms with E-state index in [1.807, 2.05) is 23.5 Å². The van der Waals surface area contributed by atoms with Gasteiger partial charge in [0.15, 0.2) is 12.2 Å². The third-order valence-electron chi connectivity index (χ3n) is 3.84.